The number of nitrogens with one attached hydrogen (secondary N) is 2. The van der Waals surface area contributed by atoms with Crippen LogP contribution >= 0.6 is 34.8 Å². The summed E-state index contributed by atoms with van der Waals surface area (Å²) in [4.78, 5) is 24.5. The normalized spacial score (nSPS) is 17.5. The lowest BCUT2D eigenvalue weighted by Gasteiger charge is -2.11. The van der Waals surface area contributed by atoms with Crippen LogP contribution in [0.3, 0.4) is 0 Å². The van der Waals surface area contributed by atoms with Crippen molar-refractivity contribution in [2.45, 2.75) is 10.8 Å². The van der Waals surface area contributed by atoms with Crippen molar-refractivity contribution in [3.63, 3.8) is 0 Å². The summed E-state index contributed by atoms with van der Waals surface area (Å²) >= 11 is 17.8. The molecule has 3 rings (SSSR count). The van der Waals surface area contributed by atoms with E-state index in [-0.39, 0.29) is 27.9 Å². The third-order valence-corrected chi connectivity index (χ3v) is 5.09. The predicted molar refractivity (Wildman–Crippen MR) is 101 cm³/mol. The zero-order chi connectivity index (χ0) is 19.1. The van der Waals surface area contributed by atoms with E-state index < -0.39 is 22.0 Å². The summed E-state index contributed by atoms with van der Waals surface area (Å²) in [5, 5.41) is 5.29. The highest BCUT2D eigenvalue weighted by Crippen LogP contribution is 2.53. The molecule has 0 heterocycles. The standard InChI is InChI=1S/C17H13Cl3FN3O2/c18-11-5-4-8(23-16(26)10-7-17(10,19)20)6-9(11)15(25)24-13-3-1-2-12(21)14(13)22/h1-6,10H,7,22H2,(H,23,26)(H,24,25). The van der Waals surface area contributed by atoms with Crippen LogP contribution in [0.4, 0.5) is 21.5 Å². The van der Waals surface area contributed by atoms with E-state index in [2.05, 4.69) is 10.6 Å². The van der Waals surface area contributed by atoms with Gasteiger partial charge < -0.3 is 16.4 Å². The third-order valence-electron chi connectivity index (χ3n) is 3.92. The SMILES string of the molecule is Nc1c(F)cccc1NC(=O)c1cc(NC(=O)C2CC2(Cl)Cl)ccc1Cl. The molecule has 136 valence electrons. The second kappa shape index (κ2) is 6.95. The van der Waals surface area contributed by atoms with Crippen molar-refractivity contribution in [2.24, 2.45) is 5.92 Å². The average molecular weight is 417 g/mol. The van der Waals surface area contributed by atoms with Gasteiger partial charge in [0.15, 0.2) is 0 Å². The summed E-state index contributed by atoms with van der Waals surface area (Å²) in [6.07, 6.45) is 0.363. The number of anilines is 3. The van der Waals surface area contributed by atoms with Gasteiger partial charge in [-0.2, -0.15) is 0 Å². The molecule has 0 spiro atoms. The van der Waals surface area contributed by atoms with E-state index in [1.165, 1.54) is 30.3 Å². The van der Waals surface area contributed by atoms with Gasteiger partial charge in [0, 0.05) is 5.69 Å². The first kappa shape index (κ1) is 18.8. The topological polar surface area (TPSA) is 84.2 Å². The lowest BCUT2D eigenvalue weighted by Crippen LogP contribution is -2.18. The Bertz CT molecular complexity index is 905. The van der Waals surface area contributed by atoms with Gasteiger partial charge in [0.2, 0.25) is 5.91 Å². The molecule has 1 aliphatic rings. The first-order valence-electron chi connectivity index (χ1n) is 7.52. The Morgan fingerprint density at radius 2 is 1.88 bits per heavy atom. The van der Waals surface area contributed by atoms with E-state index in [1.807, 2.05) is 0 Å². The van der Waals surface area contributed by atoms with E-state index in [1.54, 1.807) is 6.07 Å². The third kappa shape index (κ3) is 3.87. The molecule has 2 aromatic rings. The Morgan fingerprint density at radius 3 is 2.54 bits per heavy atom. The number of alkyl halides is 2. The van der Waals surface area contributed by atoms with Crippen LogP contribution in [0.5, 0.6) is 0 Å². The summed E-state index contributed by atoms with van der Waals surface area (Å²) in [6, 6.07) is 8.46. The molecule has 9 heteroatoms. The fourth-order valence-electron chi connectivity index (χ4n) is 2.34. The number of rotatable bonds is 4. The molecule has 2 aromatic carbocycles. The van der Waals surface area contributed by atoms with Crippen LogP contribution < -0.4 is 16.4 Å². The van der Waals surface area contributed by atoms with Gasteiger partial charge in [-0.3, -0.25) is 9.59 Å². The monoisotopic (exact) mass is 415 g/mol. The molecule has 0 radical (unpaired) electrons. The van der Waals surface area contributed by atoms with Gasteiger partial charge in [0.05, 0.1) is 27.9 Å². The molecule has 0 bridgehead atoms. The average Bonchev–Trinajstić information content (AvgIpc) is 3.22. The summed E-state index contributed by atoms with van der Waals surface area (Å²) in [5.74, 6) is -2.10. The van der Waals surface area contributed by atoms with Crippen LogP contribution in [0.25, 0.3) is 0 Å². The van der Waals surface area contributed by atoms with Gasteiger partial charge >= 0.3 is 0 Å². The van der Waals surface area contributed by atoms with Crippen LogP contribution in [0.2, 0.25) is 5.02 Å². The Hall–Kier alpha value is -2.02. The maximum absolute atomic E-state index is 13.5. The first-order chi connectivity index (χ1) is 12.2. The molecule has 0 saturated heterocycles. The Morgan fingerprint density at radius 1 is 1.19 bits per heavy atom. The highest BCUT2D eigenvalue weighted by Gasteiger charge is 2.56. The van der Waals surface area contributed by atoms with Crippen molar-refractivity contribution in [3.8, 4) is 0 Å². The summed E-state index contributed by atoms with van der Waals surface area (Å²) < 4.78 is 12.4. The van der Waals surface area contributed by atoms with Gasteiger partial charge in [0.1, 0.15) is 10.2 Å². The van der Waals surface area contributed by atoms with Crippen LogP contribution in [0, 0.1) is 11.7 Å². The van der Waals surface area contributed by atoms with Crippen LogP contribution in [0.15, 0.2) is 36.4 Å². The summed E-state index contributed by atoms with van der Waals surface area (Å²) in [7, 11) is 0. The van der Waals surface area contributed by atoms with Crippen molar-refractivity contribution < 1.29 is 14.0 Å². The maximum Gasteiger partial charge on any atom is 0.257 e. The van der Waals surface area contributed by atoms with Crippen LogP contribution in [0.1, 0.15) is 16.8 Å². The molecule has 0 aromatic heterocycles. The van der Waals surface area contributed by atoms with Gasteiger partial charge in [-0.15, -0.1) is 23.2 Å². The molecule has 2 amide bonds. The summed E-state index contributed by atoms with van der Waals surface area (Å²) in [6.45, 7) is 0. The number of nitrogens with two attached hydrogens (primary N) is 1. The number of carbonyl (C=O) groups is 2. The van der Waals surface area contributed by atoms with Crippen LogP contribution in [-0.2, 0) is 4.79 Å². The fourth-order valence-corrected chi connectivity index (χ4v) is 3.05. The second-order valence-corrected chi connectivity index (χ2v) is 7.81. The predicted octanol–water partition coefficient (Wildman–Crippen LogP) is 4.45. The second-order valence-electron chi connectivity index (χ2n) is 5.86. The number of benzene rings is 2. The lowest BCUT2D eigenvalue weighted by molar-refractivity contribution is -0.117. The van der Waals surface area contributed by atoms with Crippen molar-refractivity contribution in [3.05, 3.63) is 52.8 Å². The van der Waals surface area contributed by atoms with Crippen molar-refractivity contribution in [1.29, 1.82) is 0 Å². The van der Waals surface area contributed by atoms with Gasteiger partial charge in [-0.05, 0) is 36.8 Å². The lowest BCUT2D eigenvalue weighted by atomic mass is 10.1. The number of carbonyl (C=O) groups excluding carboxylic acids is 2. The summed E-state index contributed by atoms with van der Waals surface area (Å²) in [5.41, 5.74) is 5.98. The highest BCUT2D eigenvalue weighted by molar-refractivity contribution is 6.52. The molecule has 1 saturated carbocycles. The Labute approximate surface area is 163 Å². The number of hydrogen-bond acceptors (Lipinski definition) is 3. The molecule has 1 fully saturated rings. The zero-order valence-corrected chi connectivity index (χ0v) is 15.4. The molecular formula is C17H13Cl3FN3O2. The molecule has 1 unspecified atom stereocenters. The number of hydrogen-bond donors (Lipinski definition) is 3. The fraction of sp³-hybridized carbons (Fsp3) is 0.176. The molecule has 5 nitrogen and oxygen atoms in total. The van der Waals surface area contributed by atoms with E-state index in [9.17, 15) is 14.0 Å². The maximum atomic E-state index is 13.5. The number of halogens is 4. The minimum absolute atomic E-state index is 0.0898. The van der Waals surface area contributed by atoms with E-state index in [4.69, 9.17) is 40.5 Å². The first-order valence-corrected chi connectivity index (χ1v) is 8.66. The molecule has 0 aliphatic heterocycles. The molecule has 4 N–H and O–H groups in total. The molecule has 1 aliphatic carbocycles. The number of amides is 2. The van der Waals surface area contributed by atoms with Crippen molar-refractivity contribution >= 4 is 63.7 Å². The molecule has 1 atom stereocenters. The number of para-hydroxylation sites is 1. The van der Waals surface area contributed by atoms with Crippen molar-refractivity contribution in [1.82, 2.24) is 0 Å². The van der Waals surface area contributed by atoms with E-state index in [0.29, 0.717) is 12.1 Å². The Balaban J connectivity index is 1.78. The number of nitrogen functional groups attached to an aromatic ring is 1. The van der Waals surface area contributed by atoms with Crippen molar-refractivity contribution in [2.75, 3.05) is 16.4 Å². The molecule has 26 heavy (non-hydrogen) atoms. The minimum atomic E-state index is -1.05. The Kier molecular flexibility index (Phi) is 5.01. The van der Waals surface area contributed by atoms with E-state index in [0.717, 1.165) is 0 Å². The van der Waals surface area contributed by atoms with E-state index >= 15 is 0 Å². The zero-order valence-electron chi connectivity index (χ0n) is 13.2. The highest BCUT2D eigenvalue weighted by atomic mass is 35.5. The smallest absolute Gasteiger partial charge is 0.257 e. The van der Waals surface area contributed by atoms with Gasteiger partial charge in [-0.1, -0.05) is 17.7 Å². The van der Waals surface area contributed by atoms with Crippen LogP contribution in [-0.4, -0.2) is 16.1 Å². The van der Waals surface area contributed by atoms with Gasteiger partial charge in [0.25, 0.3) is 5.91 Å². The minimum Gasteiger partial charge on any atom is -0.395 e. The quantitative estimate of drug-likeness (QED) is 0.509. The largest absolute Gasteiger partial charge is 0.395 e. The van der Waals surface area contributed by atoms with Gasteiger partial charge in [-0.25, -0.2) is 4.39 Å². The molecular weight excluding hydrogens is 404 g/mol.